The molecular weight excluding hydrogens is 296 g/mol. The molecule has 1 aliphatic heterocycles. The maximum absolute atomic E-state index is 11.1. The van der Waals surface area contributed by atoms with E-state index in [9.17, 15) is 4.79 Å². The van der Waals surface area contributed by atoms with Gasteiger partial charge in [-0.05, 0) is 30.4 Å². The number of ether oxygens (including phenoxy) is 2. The molecule has 0 saturated heterocycles. The molecule has 0 radical (unpaired) electrons. The number of aliphatic imine (C=N–C) groups is 1. The molecule has 1 aromatic rings. The van der Waals surface area contributed by atoms with Crippen LogP contribution in [0.3, 0.4) is 0 Å². The van der Waals surface area contributed by atoms with Crippen molar-refractivity contribution in [1.82, 2.24) is 0 Å². The summed E-state index contributed by atoms with van der Waals surface area (Å²) in [6, 6.07) is 5.57. The number of primary amides is 1. The van der Waals surface area contributed by atoms with E-state index in [0.29, 0.717) is 37.9 Å². The van der Waals surface area contributed by atoms with Gasteiger partial charge in [-0.3, -0.25) is 9.79 Å². The van der Waals surface area contributed by atoms with E-state index in [0.717, 1.165) is 30.7 Å². The Labute approximate surface area is 135 Å². The van der Waals surface area contributed by atoms with E-state index < -0.39 is 0 Å². The molecule has 0 aromatic heterocycles. The van der Waals surface area contributed by atoms with Crippen molar-refractivity contribution in [3.05, 3.63) is 18.2 Å². The molecule has 3 rings (SSSR count). The minimum Gasteiger partial charge on any atom is -0.490 e. The lowest BCUT2D eigenvalue weighted by Crippen LogP contribution is -2.25. The van der Waals surface area contributed by atoms with Gasteiger partial charge in [0, 0.05) is 31.1 Å². The molecule has 1 saturated carbocycles. The smallest absolute Gasteiger partial charge is 0.218 e. The highest BCUT2D eigenvalue weighted by molar-refractivity contribution is 5.92. The van der Waals surface area contributed by atoms with Crippen LogP contribution in [-0.4, -0.2) is 31.6 Å². The predicted molar refractivity (Wildman–Crippen MR) is 87.6 cm³/mol. The number of hydrogen-bond acceptors (Lipinski definition) is 4. The van der Waals surface area contributed by atoms with Crippen molar-refractivity contribution in [2.75, 3.05) is 25.1 Å². The Kier molecular flexibility index (Phi) is 4.27. The number of carbonyl (C=O) groups excluding carboxylic acids is 1. The first-order valence-corrected chi connectivity index (χ1v) is 7.81. The van der Waals surface area contributed by atoms with E-state index in [4.69, 9.17) is 20.9 Å². The molecule has 0 unspecified atom stereocenters. The summed E-state index contributed by atoms with van der Waals surface area (Å²) in [6.45, 7) is 1.81. The van der Waals surface area contributed by atoms with Gasteiger partial charge in [0.05, 0.1) is 13.2 Å². The molecule has 1 heterocycles. The lowest BCUT2D eigenvalue weighted by molar-refractivity contribution is -0.119. The SMILES string of the molecule is NC(=O)CC1(CN=C(N)Nc2ccc3c(c2)OCCCO3)CC1. The Bertz CT molecular complexity index is 626. The average molecular weight is 318 g/mol. The number of carbonyl (C=O) groups is 1. The minimum absolute atomic E-state index is 0.0805. The number of hydrogen-bond donors (Lipinski definition) is 3. The third-order valence-electron chi connectivity index (χ3n) is 4.11. The van der Waals surface area contributed by atoms with Crippen molar-refractivity contribution in [2.45, 2.75) is 25.7 Å². The summed E-state index contributed by atoms with van der Waals surface area (Å²) in [4.78, 5) is 15.4. The number of fused-ring (bicyclic) bond motifs is 1. The van der Waals surface area contributed by atoms with Crippen LogP contribution >= 0.6 is 0 Å². The Morgan fingerprint density at radius 2 is 1.96 bits per heavy atom. The average Bonchev–Trinajstić information content (AvgIpc) is 3.28. The summed E-state index contributed by atoms with van der Waals surface area (Å²) in [5, 5.41) is 3.04. The second-order valence-corrected chi connectivity index (χ2v) is 6.18. The Hall–Kier alpha value is -2.44. The van der Waals surface area contributed by atoms with E-state index in [1.54, 1.807) is 0 Å². The monoisotopic (exact) mass is 318 g/mol. The van der Waals surface area contributed by atoms with Gasteiger partial charge in [0.2, 0.25) is 5.91 Å². The molecule has 7 heteroatoms. The zero-order valence-corrected chi connectivity index (χ0v) is 13.0. The van der Waals surface area contributed by atoms with Crippen molar-refractivity contribution < 1.29 is 14.3 Å². The summed E-state index contributed by atoms with van der Waals surface area (Å²) >= 11 is 0. The molecule has 7 nitrogen and oxygen atoms in total. The third kappa shape index (κ3) is 4.06. The van der Waals surface area contributed by atoms with E-state index in [1.807, 2.05) is 18.2 Å². The molecule has 1 fully saturated rings. The van der Waals surface area contributed by atoms with E-state index >= 15 is 0 Å². The van der Waals surface area contributed by atoms with Crippen LogP contribution in [0.15, 0.2) is 23.2 Å². The highest BCUT2D eigenvalue weighted by Gasteiger charge is 2.43. The first kappa shape index (κ1) is 15.5. The fourth-order valence-electron chi connectivity index (χ4n) is 2.62. The number of nitrogens with zero attached hydrogens (tertiary/aromatic N) is 1. The zero-order chi connectivity index (χ0) is 16.3. The standard InChI is InChI=1S/C16H22N4O3/c17-14(21)9-16(4-5-16)10-19-15(18)20-11-2-3-12-13(8-11)23-7-1-6-22-12/h2-3,8H,1,4-7,9-10H2,(H2,17,21)(H3,18,19,20). The summed E-state index contributed by atoms with van der Waals surface area (Å²) in [6.07, 6.45) is 3.17. The van der Waals surface area contributed by atoms with Gasteiger partial charge in [-0.15, -0.1) is 0 Å². The van der Waals surface area contributed by atoms with Crippen molar-refractivity contribution >= 4 is 17.6 Å². The second-order valence-electron chi connectivity index (χ2n) is 6.18. The molecule has 0 spiro atoms. The molecule has 1 aromatic carbocycles. The Morgan fingerprint density at radius 3 is 2.65 bits per heavy atom. The quantitative estimate of drug-likeness (QED) is 0.558. The number of nitrogens with two attached hydrogens (primary N) is 2. The molecule has 5 N–H and O–H groups in total. The van der Waals surface area contributed by atoms with Crippen LogP contribution in [0.2, 0.25) is 0 Å². The van der Waals surface area contributed by atoms with Crippen molar-refractivity contribution in [3.8, 4) is 11.5 Å². The maximum atomic E-state index is 11.1. The van der Waals surface area contributed by atoms with Crippen molar-refractivity contribution in [3.63, 3.8) is 0 Å². The van der Waals surface area contributed by atoms with Gasteiger partial charge in [0.1, 0.15) is 0 Å². The number of anilines is 1. The number of amides is 1. The van der Waals surface area contributed by atoms with Crippen LogP contribution in [0.4, 0.5) is 5.69 Å². The fraction of sp³-hybridized carbons (Fsp3) is 0.500. The van der Waals surface area contributed by atoms with Gasteiger partial charge in [-0.1, -0.05) is 0 Å². The van der Waals surface area contributed by atoms with E-state index in [-0.39, 0.29) is 11.3 Å². The van der Waals surface area contributed by atoms with Gasteiger partial charge in [0.15, 0.2) is 17.5 Å². The minimum atomic E-state index is -0.285. The number of rotatable bonds is 5. The molecule has 124 valence electrons. The number of benzene rings is 1. The van der Waals surface area contributed by atoms with Crippen LogP contribution in [0, 0.1) is 5.41 Å². The Morgan fingerprint density at radius 1 is 1.22 bits per heavy atom. The van der Waals surface area contributed by atoms with E-state index in [1.165, 1.54) is 0 Å². The molecule has 1 aliphatic carbocycles. The fourth-order valence-corrected chi connectivity index (χ4v) is 2.62. The van der Waals surface area contributed by atoms with Gasteiger partial charge in [-0.25, -0.2) is 0 Å². The summed E-state index contributed by atoms with van der Waals surface area (Å²) in [7, 11) is 0. The summed E-state index contributed by atoms with van der Waals surface area (Å²) < 4.78 is 11.2. The van der Waals surface area contributed by atoms with Crippen LogP contribution in [0.1, 0.15) is 25.7 Å². The first-order chi connectivity index (χ1) is 11.1. The van der Waals surface area contributed by atoms with Crippen LogP contribution in [0.5, 0.6) is 11.5 Å². The van der Waals surface area contributed by atoms with Crippen LogP contribution in [0.25, 0.3) is 0 Å². The lowest BCUT2D eigenvalue weighted by Gasteiger charge is -2.12. The number of nitrogens with one attached hydrogen (secondary N) is 1. The second kappa shape index (κ2) is 6.36. The molecule has 1 amide bonds. The summed E-state index contributed by atoms with van der Waals surface area (Å²) in [5.41, 5.74) is 11.9. The topological polar surface area (TPSA) is 112 Å². The van der Waals surface area contributed by atoms with Crippen LogP contribution in [-0.2, 0) is 4.79 Å². The van der Waals surface area contributed by atoms with E-state index in [2.05, 4.69) is 10.3 Å². The molecule has 2 aliphatic rings. The zero-order valence-electron chi connectivity index (χ0n) is 13.0. The first-order valence-electron chi connectivity index (χ1n) is 7.81. The molecular formula is C16H22N4O3. The predicted octanol–water partition coefficient (Wildman–Crippen LogP) is 1.23. The van der Waals surface area contributed by atoms with Crippen LogP contribution < -0.4 is 26.3 Å². The maximum Gasteiger partial charge on any atom is 0.218 e. The van der Waals surface area contributed by atoms with Crippen molar-refractivity contribution in [2.24, 2.45) is 21.9 Å². The highest BCUT2D eigenvalue weighted by Crippen LogP contribution is 2.48. The summed E-state index contributed by atoms with van der Waals surface area (Å²) in [5.74, 6) is 1.47. The van der Waals surface area contributed by atoms with Gasteiger partial charge < -0.3 is 26.3 Å². The van der Waals surface area contributed by atoms with Gasteiger partial charge in [0.25, 0.3) is 0 Å². The largest absolute Gasteiger partial charge is 0.490 e. The molecule has 23 heavy (non-hydrogen) atoms. The molecule has 0 atom stereocenters. The lowest BCUT2D eigenvalue weighted by atomic mass is 10.0. The third-order valence-corrected chi connectivity index (χ3v) is 4.11. The molecule has 0 bridgehead atoms. The van der Waals surface area contributed by atoms with Crippen molar-refractivity contribution in [1.29, 1.82) is 0 Å². The van der Waals surface area contributed by atoms with Gasteiger partial charge in [-0.2, -0.15) is 0 Å². The Balaban J connectivity index is 1.61. The normalized spacial score (nSPS) is 18.9. The number of guanidine groups is 1. The van der Waals surface area contributed by atoms with Gasteiger partial charge >= 0.3 is 0 Å². The highest BCUT2D eigenvalue weighted by atomic mass is 16.5.